The molecule has 2 fully saturated rings. The maximum atomic E-state index is 13.0. The summed E-state index contributed by atoms with van der Waals surface area (Å²) in [6.07, 6.45) is 0.00973. The molecule has 0 aliphatic carbocycles. The van der Waals surface area contributed by atoms with Gasteiger partial charge in [0, 0.05) is 0 Å². The van der Waals surface area contributed by atoms with Crippen molar-refractivity contribution in [3.63, 3.8) is 0 Å². The van der Waals surface area contributed by atoms with Gasteiger partial charge in [-0.15, -0.1) is 11.8 Å². The highest BCUT2D eigenvalue weighted by molar-refractivity contribution is 7.99. The summed E-state index contributed by atoms with van der Waals surface area (Å²) >= 11 is 1.88. The van der Waals surface area contributed by atoms with Gasteiger partial charge in [0.1, 0.15) is 29.9 Å². The first kappa shape index (κ1) is 27.1. The average Bonchev–Trinajstić information content (AvgIpc) is 2.74. The van der Waals surface area contributed by atoms with Crippen molar-refractivity contribution in [1.82, 2.24) is 10.6 Å². The normalized spacial score (nSPS) is 35.4. The zero-order valence-corrected chi connectivity index (χ0v) is 19.9. The number of alkyl halides is 2. The first-order valence-corrected chi connectivity index (χ1v) is 13.1. The van der Waals surface area contributed by atoms with E-state index in [0.717, 1.165) is 12.8 Å². The summed E-state index contributed by atoms with van der Waals surface area (Å²) in [7, 11) is 0. The van der Waals surface area contributed by atoms with Gasteiger partial charge in [-0.05, 0) is 56.1 Å². The number of aliphatic hydroxyl groups is 3. The molecule has 2 rings (SSSR count). The summed E-state index contributed by atoms with van der Waals surface area (Å²) in [5.41, 5.74) is -0.704. The number of ether oxygens (including phenoxy) is 1. The van der Waals surface area contributed by atoms with Gasteiger partial charge in [-0.2, -0.15) is 8.78 Å². The molecular weight excluding hydrogens is 450 g/mol. The number of amides is 1. The van der Waals surface area contributed by atoms with E-state index >= 15 is 0 Å². The zero-order valence-electron chi connectivity index (χ0n) is 18.2. The Bertz CT molecular complexity index is 562. The smallest absolute Gasteiger partial charge is 0.284 e. The lowest BCUT2D eigenvalue weighted by molar-refractivity contribution is -0.208. The van der Waals surface area contributed by atoms with E-state index in [2.05, 4.69) is 10.6 Å². The fourth-order valence-electron chi connectivity index (χ4n) is 4.26. The predicted molar refractivity (Wildman–Crippen MR) is 119 cm³/mol. The van der Waals surface area contributed by atoms with Crippen LogP contribution in [0.2, 0.25) is 0 Å². The van der Waals surface area contributed by atoms with E-state index in [1.807, 2.05) is 13.8 Å². The number of rotatable bonds is 10. The van der Waals surface area contributed by atoms with Crippen molar-refractivity contribution >= 4 is 29.4 Å². The highest BCUT2D eigenvalue weighted by Crippen LogP contribution is 2.31. The van der Waals surface area contributed by atoms with E-state index in [0.29, 0.717) is 42.8 Å². The molecule has 0 bridgehead atoms. The molecule has 0 aromatic heterocycles. The molecule has 2 aliphatic heterocycles. The van der Waals surface area contributed by atoms with E-state index in [-0.39, 0.29) is 11.8 Å². The molecule has 0 aromatic rings. The Labute approximate surface area is 191 Å². The molecule has 0 radical (unpaired) electrons. The van der Waals surface area contributed by atoms with E-state index in [1.54, 1.807) is 6.26 Å². The second-order valence-electron chi connectivity index (χ2n) is 8.63. The predicted octanol–water partition coefficient (Wildman–Crippen LogP) is 1.40. The summed E-state index contributed by atoms with van der Waals surface area (Å²) in [5.74, 6) is -1.93. The lowest BCUT2D eigenvalue weighted by atomic mass is 9.86. The van der Waals surface area contributed by atoms with Crippen LogP contribution in [0.25, 0.3) is 0 Å². The summed E-state index contributed by atoms with van der Waals surface area (Å²) < 4.78 is 30.4. The van der Waals surface area contributed by atoms with E-state index in [9.17, 15) is 28.9 Å². The Morgan fingerprint density at radius 1 is 1.23 bits per heavy atom. The molecule has 8 atom stereocenters. The summed E-state index contributed by atoms with van der Waals surface area (Å²) in [5, 5.41) is 37.0. The van der Waals surface area contributed by atoms with E-state index in [1.165, 1.54) is 11.8 Å². The van der Waals surface area contributed by atoms with Crippen LogP contribution < -0.4 is 10.6 Å². The van der Waals surface area contributed by atoms with Gasteiger partial charge in [0.05, 0.1) is 12.1 Å². The SMILES string of the molecule is CS[C@H]1O[C@H]([C@H](NC(=O)[C@@H]2C[C@H](CCCSC(F)F)CCN2)C(C)C)[C@H](O)[C@H](O)[C@H]1O. The fraction of sp³-hybridized carbons (Fsp3) is 0.950. The number of carbonyl (C=O) groups excluding carboxylic acids is 1. The summed E-state index contributed by atoms with van der Waals surface area (Å²) in [6, 6.07) is -0.959. The van der Waals surface area contributed by atoms with Gasteiger partial charge in [0.25, 0.3) is 5.76 Å². The fourth-order valence-corrected chi connectivity index (χ4v) is 5.45. The van der Waals surface area contributed by atoms with Crippen LogP contribution in [0.5, 0.6) is 0 Å². The third-order valence-corrected chi connectivity index (χ3v) is 7.68. The number of hydrogen-bond donors (Lipinski definition) is 5. The Hall–Kier alpha value is -0.170. The van der Waals surface area contributed by atoms with Crippen LogP contribution in [0.4, 0.5) is 8.78 Å². The standard InChI is InChI=1S/C20H36F2N2O5S2/c1-10(2)13(17-15(26)14(25)16(27)19(29-17)30-3)24-18(28)12-9-11(6-7-23-12)5-4-8-31-20(21)22/h10-17,19-20,23,25-27H,4-9H2,1-3H3,(H,24,28)/t11-,12+,13-,14+,15-,16-,17-,19-/m1/s1. The molecule has 182 valence electrons. The number of hydrogen-bond acceptors (Lipinski definition) is 8. The van der Waals surface area contributed by atoms with Gasteiger partial charge in [-0.25, -0.2) is 0 Å². The zero-order chi connectivity index (χ0) is 23.1. The van der Waals surface area contributed by atoms with Crippen molar-refractivity contribution in [3.8, 4) is 0 Å². The van der Waals surface area contributed by atoms with Crippen LogP contribution in [0.1, 0.15) is 39.5 Å². The highest BCUT2D eigenvalue weighted by atomic mass is 32.2. The molecule has 0 unspecified atom stereocenters. The Kier molecular flexibility index (Phi) is 11.3. The van der Waals surface area contributed by atoms with Gasteiger partial charge < -0.3 is 30.7 Å². The largest absolute Gasteiger partial charge is 0.388 e. The molecule has 1 amide bonds. The third-order valence-electron chi connectivity index (χ3n) is 6.05. The lowest BCUT2D eigenvalue weighted by Crippen LogP contribution is -2.65. The first-order valence-electron chi connectivity index (χ1n) is 10.8. The Morgan fingerprint density at radius 3 is 2.55 bits per heavy atom. The Morgan fingerprint density at radius 2 is 1.94 bits per heavy atom. The van der Waals surface area contributed by atoms with Gasteiger partial charge in [0.2, 0.25) is 5.91 Å². The van der Waals surface area contributed by atoms with Crippen LogP contribution in [0, 0.1) is 11.8 Å². The van der Waals surface area contributed by atoms with Crippen LogP contribution in [-0.4, -0.2) is 87.5 Å². The molecule has 7 nitrogen and oxygen atoms in total. The third kappa shape index (κ3) is 7.68. The molecule has 31 heavy (non-hydrogen) atoms. The van der Waals surface area contributed by atoms with Crippen molar-refractivity contribution in [1.29, 1.82) is 0 Å². The van der Waals surface area contributed by atoms with Gasteiger partial charge in [0.15, 0.2) is 0 Å². The monoisotopic (exact) mass is 486 g/mol. The van der Waals surface area contributed by atoms with Crippen LogP contribution >= 0.6 is 23.5 Å². The van der Waals surface area contributed by atoms with Gasteiger partial charge >= 0.3 is 0 Å². The van der Waals surface area contributed by atoms with Crippen molar-refractivity contribution < 1.29 is 33.6 Å². The molecule has 2 aliphatic rings. The molecule has 2 heterocycles. The molecular formula is C20H36F2N2O5S2. The summed E-state index contributed by atoms with van der Waals surface area (Å²) in [6.45, 7) is 4.47. The molecule has 2 saturated heterocycles. The number of nitrogens with one attached hydrogen (secondary N) is 2. The summed E-state index contributed by atoms with van der Waals surface area (Å²) in [4.78, 5) is 13.0. The molecule has 0 aromatic carbocycles. The topological polar surface area (TPSA) is 111 Å². The highest BCUT2D eigenvalue weighted by Gasteiger charge is 2.47. The van der Waals surface area contributed by atoms with E-state index < -0.39 is 47.7 Å². The van der Waals surface area contributed by atoms with Crippen molar-refractivity contribution in [2.75, 3.05) is 18.6 Å². The van der Waals surface area contributed by atoms with Crippen molar-refractivity contribution in [2.45, 2.75) is 87.2 Å². The van der Waals surface area contributed by atoms with Crippen LogP contribution in [0.15, 0.2) is 0 Å². The minimum absolute atomic E-state index is 0.0840. The average molecular weight is 487 g/mol. The number of thioether (sulfide) groups is 2. The van der Waals surface area contributed by atoms with Gasteiger partial charge in [-0.1, -0.05) is 25.6 Å². The maximum Gasteiger partial charge on any atom is 0.284 e. The number of halogens is 2. The quantitative estimate of drug-likeness (QED) is 0.295. The van der Waals surface area contributed by atoms with Crippen molar-refractivity contribution in [2.24, 2.45) is 11.8 Å². The number of aliphatic hydroxyl groups excluding tert-OH is 3. The Balaban J connectivity index is 1.95. The molecule has 11 heteroatoms. The molecule has 0 spiro atoms. The first-order chi connectivity index (χ1) is 14.6. The number of carbonyl (C=O) groups is 1. The van der Waals surface area contributed by atoms with Gasteiger partial charge in [-0.3, -0.25) is 4.79 Å². The molecule has 5 N–H and O–H groups in total. The minimum Gasteiger partial charge on any atom is -0.388 e. The van der Waals surface area contributed by atoms with Crippen molar-refractivity contribution in [3.05, 3.63) is 0 Å². The van der Waals surface area contributed by atoms with Crippen LogP contribution in [0.3, 0.4) is 0 Å². The maximum absolute atomic E-state index is 13.0. The van der Waals surface area contributed by atoms with E-state index in [4.69, 9.17) is 4.74 Å². The minimum atomic E-state index is -2.35. The second kappa shape index (κ2) is 12.9. The molecule has 0 saturated carbocycles. The number of piperidine rings is 1. The van der Waals surface area contributed by atoms with Crippen LogP contribution in [-0.2, 0) is 9.53 Å². The second-order valence-corrected chi connectivity index (χ2v) is 10.7. The lowest BCUT2D eigenvalue weighted by Gasteiger charge is -2.44.